The average molecular weight is 372 g/mol. The number of nitrogens with one attached hydrogen (secondary N) is 1. The molecular formula is C18H30ClN3O3. The Bertz CT molecular complexity index is 575. The number of likely N-dealkylation sites (N-methyl/N-ethyl adjacent to an activating group) is 1. The summed E-state index contributed by atoms with van der Waals surface area (Å²) >= 11 is 6.08. The Balaban J connectivity index is 2.92. The van der Waals surface area contributed by atoms with E-state index < -0.39 is 5.60 Å². The third-order valence-electron chi connectivity index (χ3n) is 4.05. The number of nitrogens with zero attached hydrogens (tertiary/aromatic N) is 1. The van der Waals surface area contributed by atoms with Gasteiger partial charge in [-0.3, -0.25) is 4.79 Å². The van der Waals surface area contributed by atoms with E-state index in [1.165, 1.54) is 6.07 Å². The van der Waals surface area contributed by atoms with Gasteiger partial charge in [-0.05, 0) is 33.0 Å². The van der Waals surface area contributed by atoms with E-state index in [1.54, 1.807) is 6.07 Å². The molecule has 0 aliphatic rings. The molecule has 0 saturated heterocycles. The molecule has 0 unspecified atom stereocenters. The lowest BCUT2D eigenvalue weighted by Gasteiger charge is -2.27. The average Bonchev–Trinajstić information content (AvgIpc) is 2.54. The van der Waals surface area contributed by atoms with Gasteiger partial charge in [-0.25, -0.2) is 0 Å². The Morgan fingerprint density at radius 2 is 2.00 bits per heavy atom. The van der Waals surface area contributed by atoms with E-state index in [0.29, 0.717) is 35.0 Å². The zero-order chi connectivity index (χ0) is 19.0. The molecule has 4 N–H and O–H groups in total. The van der Waals surface area contributed by atoms with Gasteiger partial charge in [0.05, 0.1) is 16.3 Å². The Morgan fingerprint density at radius 3 is 2.56 bits per heavy atom. The molecule has 7 heteroatoms. The molecule has 25 heavy (non-hydrogen) atoms. The van der Waals surface area contributed by atoms with Crippen LogP contribution in [0.3, 0.4) is 0 Å². The van der Waals surface area contributed by atoms with Crippen LogP contribution >= 0.6 is 11.6 Å². The normalized spacial score (nSPS) is 11.6. The van der Waals surface area contributed by atoms with E-state index in [9.17, 15) is 4.79 Å². The van der Waals surface area contributed by atoms with Gasteiger partial charge < -0.3 is 25.8 Å². The highest BCUT2D eigenvalue weighted by Gasteiger charge is 2.23. The Hall–Kier alpha value is -1.50. The van der Waals surface area contributed by atoms with Crippen LogP contribution in [0.15, 0.2) is 12.1 Å². The van der Waals surface area contributed by atoms with E-state index >= 15 is 0 Å². The van der Waals surface area contributed by atoms with Gasteiger partial charge in [0.1, 0.15) is 11.4 Å². The molecule has 1 aromatic carbocycles. The largest absolute Gasteiger partial charge is 0.487 e. The topological polar surface area (TPSA) is 87.8 Å². The molecule has 1 amide bonds. The van der Waals surface area contributed by atoms with Crippen molar-refractivity contribution in [1.29, 1.82) is 0 Å². The van der Waals surface area contributed by atoms with Gasteiger partial charge in [0.15, 0.2) is 0 Å². The monoisotopic (exact) mass is 371 g/mol. The summed E-state index contributed by atoms with van der Waals surface area (Å²) < 4.78 is 5.93. The number of carbonyl (C=O) groups excluding carboxylic acids is 1. The number of hydrogen-bond donors (Lipinski definition) is 3. The van der Waals surface area contributed by atoms with Crippen LogP contribution in [0.2, 0.25) is 5.02 Å². The van der Waals surface area contributed by atoms with Gasteiger partial charge >= 0.3 is 0 Å². The van der Waals surface area contributed by atoms with Crippen LogP contribution in [0, 0.1) is 0 Å². The number of aliphatic hydroxyl groups excluding tert-OH is 1. The van der Waals surface area contributed by atoms with E-state index in [0.717, 1.165) is 19.6 Å². The van der Waals surface area contributed by atoms with Crippen LogP contribution in [0.25, 0.3) is 0 Å². The molecule has 1 rings (SSSR count). The Morgan fingerprint density at radius 1 is 1.36 bits per heavy atom. The number of ether oxygens (including phenoxy) is 1. The fourth-order valence-electron chi connectivity index (χ4n) is 2.41. The number of aliphatic hydroxyl groups is 1. The molecule has 0 radical (unpaired) electrons. The van der Waals surface area contributed by atoms with Crippen molar-refractivity contribution in [2.45, 2.75) is 39.7 Å². The number of benzene rings is 1. The summed E-state index contributed by atoms with van der Waals surface area (Å²) in [6.45, 7) is 11.0. The van der Waals surface area contributed by atoms with Crippen LogP contribution < -0.4 is 15.8 Å². The molecule has 0 bridgehead atoms. The molecule has 0 aliphatic heterocycles. The van der Waals surface area contributed by atoms with Crippen molar-refractivity contribution in [2.24, 2.45) is 0 Å². The minimum Gasteiger partial charge on any atom is -0.487 e. The van der Waals surface area contributed by atoms with Gasteiger partial charge in [0.2, 0.25) is 0 Å². The highest BCUT2D eigenvalue weighted by molar-refractivity contribution is 6.33. The molecule has 0 heterocycles. The van der Waals surface area contributed by atoms with Crippen molar-refractivity contribution < 1.29 is 14.6 Å². The second-order valence-electron chi connectivity index (χ2n) is 6.49. The van der Waals surface area contributed by atoms with Gasteiger partial charge in [-0.15, -0.1) is 0 Å². The fourth-order valence-corrected chi connectivity index (χ4v) is 2.58. The summed E-state index contributed by atoms with van der Waals surface area (Å²) in [5.74, 6) is 0.101. The maximum atomic E-state index is 12.6. The smallest absolute Gasteiger partial charge is 0.255 e. The fraction of sp³-hybridized carbons (Fsp3) is 0.611. The number of amides is 1. The van der Waals surface area contributed by atoms with E-state index in [-0.39, 0.29) is 12.5 Å². The quantitative estimate of drug-likeness (QED) is 0.550. The van der Waals surface area contributed by atoms with Crippen molar-refractivity contribution in [2.75, 3.05) is 38.5 Å². The first-order valence-corrected chi connectivity index (χ1v) is 9.01. The van der Waals surface area contributed by atoms with E-state index in [4.69, 9.17) is 27.2 Å². The second kappa shape index (κ2) is 9.85. The lowest BCUT2D eigenvalue weighted by Crippen LogP contribution is -2.35. The molecule has 1 aromatic rings. The van der Waals surface area contributed by atoms with E-state index in [1.807, 2.05) is 13.8 Å². The van der Waals surface area contributed by atoms with Gasteiger partial charge in [0, 0.05) is 32.2 Å². The number of nitrogen functional groups attached to an aromatic ring is 1. The highest BCUT2D eigenvalue weighted by Crippen LogP contribution is 2.32. The minimum absolute atomic E-state index is 0.0124. The molecule has 142 valence electrons. The number of rotatable bonds is 10. The number of halogens is 1. The van der Waals surface area contributed by atoms with Gasteiger partial charge in [0.25, 0.3) is 5.91 Å². The molecule has 6 nitrogen and oxygen atoms in total. The molecule has 0 atom stereocenters. The van der Waals surface area contributed by atoms with E-state index in [2.05, 4.69) is 24.1 Å². The number of hydrogen-bond acceptors (Lipinski definition) is 5. The molecule has 0 aromatic heterocycles. The summed E-state index contributed by atoms with van der Waals surface area (Å²) in [4.78, 5) is 14.8. The first kappa shape index (κ1) is 21.5. The van der Waals surface area contributed by atoms with Crippen LogP contribution in [-0.2, 0) is 0 Å². The number of anilines is 1. The van der Waals surface area contributed by atoms with Gasteiger partial charge in [-0.2, -0.15) is 0 Å². The van der Waals surface area contributed by atoms with Crippen molar-refractivity contribution in [1.82, 2.24) is 10.2 Å². The Kier molecular flexibility index (Phi) is 8.48. The highest BCUT2D eigenvalue weighted by atomic mass is 35.5. The molecular weight excluding hydrogens is 342 g/mol. The zero-order valence-electron chi connectivity index (χ0n) is 15.6. The molecule has 0 saturated carbocycles. The van der Waals surface area contributed by atoms with Gasteiger partial charge in [-0.1, -0.05) is 25.4 Å². The molecule has 0 aliphatic carbocycles. The summed E-state index contributed by atoms with van der Waals surface area (Å²) in [6.07, 6.45) is 0.429. The van der Waals surface area contributed by atoms with Crippen molar-refractivity contribution in [3.63, 3.8) is 0 Å². The summed E-state index contributed by atoms with van der Waals surface area (Å²) in [5.41, 5.74) is 5.91. The second-order valence-corrected chi connectivity index (χ2v) is 6.90. The van der Waals surface area contributed by atoms with Crippen molar-refractivity contribution in [3.05, 3.63) is 22.7 Å². The van der Waals surface area contributed by atoms with Crippen LogP contribution in [0.1, 0.15) is 44.5 Å². The predicted octanol–water partition coefficient (Wildman–Crippen LogP) is 2.53. The SMILES string of the molecule is CCN(CC)CCNC(=O)c1cc(Cl)c(N)cc1OC(C)(C)CCO. The van der Waals surface area contributed by atoms with Crippen LogP contribution in [0.4, 0.5) is 5.69 Å². The first-order valence-electron chi connectivity index (χ1n) is 8.63. The molecule has 0 spiro atoms. The first-order chi connectivity index (χ1) is 11.7. The third kappa shape index (κ3) is 6.72. The third-order valence-corrected chi connectivity index (χ3v) is 4.38. The van der Waals surface area contributed by atoms with Crippen LogP contribution in [0.5, 0.6) is 5.75 Å². The van der Waals surface area contributed by atoms with Crippen LogP contribution in [-0.4, -0.2) is 54.3 Å². The summed E-state index contributed by atoms with van der Waals surface area (Å²) in [7, 11) is 0. The molecule has 0 fully saturated rings. The standard InChI is InChI=1S/C18H30ClN3O3/c1-5-22(6-2)9-8-21-17(24)13-11-14(19)15(20)12-16(13)25-18(3,4)7-10-23/h11-12,23H,5-10,20H2,1-4H3,(H,21,24). The summed E-state index contributed by atoms with van der Waals surface area (Å²) in [5, 5.41) is 12.4. The predicted molar refractivity (Wildman–Crippen MR) is 102 cm³/mol. The van der Waals surface area contributed by atoms with Crippen molar-refractivity contribution in [3.8, 4) is 5.75 Å². The maximum absolute atomic E-state index is 12.6. The number of nitrogens with two attached hydrogens (primary N) is 1. The zero-order valence-corrected chi connectivity index (χ0v) is 16.3. The Labute approximate surface area is 155 Å². The lowest BCUT2D eigenvalue weighted by atomic mass is 10.1. The lowest BCUT2D eigenvalue weighted by molar-refractivity contribution is 0.0737. The number of carbonyl (C=O) groups is 1. The minimum atomic E-state index is -0.634. The maximum Gasteiger partial charge on any atom is 0.255 e. The summed E-state index contributed by atoms with van der Waals surface area (Å²) in [6, 6.07) is 3.08. The van der Waals surface area contributed by atoms with Crippen molar-refractivity contribution >= 4 is 23.2 Å².